The van der Waals surface area contributed by atoms with Crippen LogP contribution in [0.5, 0.6) is 0 Å². The predicted molar refractivity (Wildman–Crippen MR) is 73.6 cm³/mol. The standard InChI is InChI=1S/C14H15N3O2/c1-9(18)13(15)7-14(19)17-12-3-2-11-8-16-5-4-10(11)6-12/h2-6,8,13H,7,15H2,1H3,(H,17,19). The molecule has 1 heterocycles. The molecule has 5 nitrogen and oxygen atoms in total. The van der Waals surface area contributed by atoms with Crippen LogP contribution in [-0.4, -0.2) is 22.7 Å². The first-order valence-electron chi connectivity index (χ1n) is 5.96. The van der Waals surface area contributed by atoms with E-state index in [2.05, 4.69) is 10.3 Å². The summed E-state index contributed by atoms with van der Waals surface area (Å²) in [6, 6.07) is 6.65. The zero-order valence-electron chi connectivity index (χ0n) is 10.6. The smallest absolute Gasteiger partial charge is 0.226 e. The zero-order chi connectivity index (χ0) is 13.8. The number of ketones is 1. The molecule has 0 saturated heterocycles. The van der Waals surface area contributed by atoms with Gasteiger partial charge in [-0.2, -0.15) is 0 Å². The summed E-state index contributed by atoms with van der Waals surface area (Å²) in [5.74, 6) is -0.462. The Morgan fingerprint density at radius 1 is 1.32 bits per heavy atom. The van der Waals surface area contributed by atoms with Crippen molar-refractivity contribution in [1.29, 1.82) is 0 Å². The van der Waals surface area contributed by atoms with Crippen molar-refractivity contribution in [2.45, 2.75) is 19.4 Å². The normalized spacial score (nSPS) is 12.1. The second-order valence-corrected chi connectivity index (χ2v) is 4.41. The number of carbonyl (C=O) groups excluding carboxylic acids is 2. The maximum absolute atomic E-state index is 11.7. The fraction of sp³-hybridized carbons (Fsp3) is 0.214. The molecule has 0 aliphatic carbocycles. The number of amides is 1. The summed E-state index contributed by atoms with van der Waals surface area (Å²) in [5.41, 5.74) is 6.22. The summed E-state index contributed by atoms with van der Waals surface area (Å²) in [6.45, 7) is 1.38. The molecule has 0 fully saturated rings. The van der Waals surface area contributed by atoms with Crippen molar-refractivity contribution in [2.24, 2.45) is 5.73 Å². The Bertz CT molecular complexity index is 625. The molecular formula is C14H15N3O2. The van der Waals surface area contributed by atoms with Crippen molar-refractivity contribution in [3.63, 3.8) is 0 Å². The first-order chi connectivity index (χ1) is 9.06. The number of fused-ring (bicyclic) bond motifs is 1. The average molecular weight is 257 g/mol. The molecule has 0 bridgehead atoms. The van der Waals surface area contributed by atoms with Gasteiger partial charge in [0.05, 0.1) is 6.04 Å². The molecule has 0 saturated carbocycles. The van der Waals surface area contributed by atoms with Crippen molar-refractivity contribution < 1.29 is 9.59 Å². The predicted octanol–water partition coefficient (Wildman–Crippen LogP) is 1.48. The van der Waals surface area contributed by atoms with Gasteiger partial charge in [0.2, 0.25) is 5.91 Å². The molecule has 1 aromatic heterocycles. The Labute approximate surface area is 110 Å². The van der Waals surface area contributed by atoms with Crippen LogP contribution in [0.15, 0.2) is 36.7 Å². The number of hydrogen-bond acceptors (Lipinski definition) is 4. The lowest BCUT2D eigenvalue weighted by Gasteiger charge is -2.09. The molecule has 2 rings (SSSR count). The van der Waals surface area contributed by atoms with Gasteiger partial charge in [0.15, 0.2) is 0 Å². The Morgan fingerprint density at radius 2 is 2.11 bits per heavy atom. The van der Waals surface area contributed by atoms with E-state index >= 15 is 0 Å². The van der Waals surface area contributed by atoms with E-state index in [0.29, 0.717) is 5.69 Å². The largest absolute Gasteiger partial charge is 0.326 e. The number of anilines is 1. The van der Waals surface area contributed by atoms with Gasteiger partial charge in [0.25, 0.3) is 0 Å². The summed E-state index contributed by atoms with van der Waals surface area (Å²) in [4.78, 5) is 26.7. The fourth-order valence-corrected chi connectivity index (χ4v) is 1.72. The molecule has 1 aromatic carbocycles. The van der Waals surface area contributed by atoms with Gasteiger partial charge in [-0.15, -0.1) is 0 Å². The molecule has 1 unspecified atom stereocenters. The molecule has 1 amide bonds. The highest BCUT2D eigenvalue weighted by molar-refractivity contribution is 5.97. The van der Waals surface area contributed by atoms with Gasteiger partial charge < -0.3 is 11.1 Å². The first-order valence-corrected chi connectivity index (χ1v) is 5.96. The minimum absolute atomic E-state index is 0.0102. The SMILES string of the molecule is CC(=O)C(N)CC(=O)Nc1ccc2cnccc2c1. The van der Waals surface area contributed by atoms with Crippen LogP contribution in [0.1, 0.15) is 13.3 Å². The van der Waals surface area contributed by atoms with Gasteiger partial charge >= 0.3 is 0 Å². The quantitative estimate of drug-likeness (QED) is 0.868. The van der Waals surface area contributed by atoms with Crippen LogP contribution in [0.2, 0.25) is 0 Å². The van der Waals surface area contributed by atoms with Crippen LogP contribution in [0.25, 0.3) is 10.8 Å². The van der Waals surface area contributed by atoms with Crippen molar-refractivity contribution >= 4 is 28.2 Å². The molecule has 19 heavy (non-hydrogen) atoms. The van der Waals surface area contributed by atoms with E-state index < -0.39 is 6.04 Å². The minimum Gasteiger partial charge on any atom is -0.326 e. The number of aromatic nitrogens is 1. The Morgan fingerprint density at radius 3 is 2.84 bits per heavy atom. The van der Waals surface area contributed by atoms with Gasteiger partial charge in [-0.25, -0.2) is 0 Å². The summed E-state index contributed by atoms with van der Waals surface area (Å²) < 4.78 is 0. The lowest BCUT2D eigenvalue weighted by atomic mass is 10.1. The van der Waals surface area contributed by atoms with Crippen LogP contribution >= 0.6 is 0 Å². The number of pyridine rings is 1. The lowest BCUT2D eigenvalue weighted by molar-refractivity contribution is -0.122. The molecular weight excluding hydrogens is 242 g/mol. The molecule has 0 spiro atoms. The summed E-state index contributed by atoms with van der Waals surface area (Å²) in [7, 11) is 0. The van der Waals surface area contributed by atoms with E-state index in [1.54, 1.807) is 18.5 Å². The maximum Gasteiger partial charge on any atom is 0.226 e. The highest BCUT2D eigenvalue weighted by Crippen LogP contribution is 2.18. The lowest BCUT2D eigenvalue weighted by Crippen LogP contribution is -2.33. The fourth-order valence-electron chi connectivity index (χ4n) is 1.72. The third-order valence-electron chi connectivity index (χ3n) is 2.85. The number of nitrogens with two attached hydrogens (primary N) is 1. The molecule has 1 atom stereocenters. The number of rotatable bonds is 4. The van der Waals surface area contributed by atoms with Crippen LogP contribution < -0.4 is 11.1 Å². The highest BCUT2D eigenvalue weighted by Gasteiger charge is 2.13. The number of Topliss-reactive ketones (excluding diaryl/α,β-unsaturated/α-hetero) is 1. The summed E-state index contributed by atoms with van der Waals surface area (Å²) in [6.07, 6.45) is 3.44. The van der Waals surface area contributed by atoms with E-state index in [1.807, 2.05) is 18.2 Å². The number of benzene rings is 1. The van der Waals surface area contributed by atoms with Crippen molar-refractivity contribution in [3.8, 4) is 0 Å². The van der Waals surface area contributed by atoms with Crippen molar-refractivity contribution in [2.75, 3.05) is 5.32 Å². The molecule has 2 aromatic rings. The number of nitrogens with one attached hydrogen (secondary N) is 1. The first kappa shape index (κ1) is 13.2. The van der Waals surface area contributed by atoms with E-state index in [4.69, 9.17) is 5.73 Å². The molecule has 0 aliphatic rings. The molecule has 5 heteroatoms. The van der Waals surface area contributed by atoms with Gasteiger partial charge in [-0.3, -0.25) is 14.6 Å². The highest BCUT2D eigenvalue weighted by atomic mass is 16.2. The van der Waals surface area contributed by atoms with Crippen LogP contribution in [-0.2, 0) is 9.59 Å². The number of nitrogens with zero attached hydrogens (tertiary/aromatic N) is 1. The van der Waals surface area contributed by atoms with Crippen LogP contribution in [0.4, 0.5) is 5.69 Å². The van der Waals surface area contributed by atoms with E-state index in [0.717, 1.165) is 10.8 Å². The van der Waals surface area contributed by atoms with E-state index in [-0.39, 0.29) is 18.1 Å². The van der Waals surface area contributed by atoms with Crippen molar-refractivity contribution in [1.82, 2.24) is 4.98 Å². The number of hydrogen-bond donors (Lipinski definition) is 2. The second-order valence-electron chi connectivity index (χ2n) is 4.41. The molecule has 0 radical (unpaired) electrons. The van der Waals surface area contributed by atoms with E-state index in [9.17, 15) is 9.59 Å². The van der Waals surface area contributed by atoms with Gasteiger partial charge in [0, 0.05) is 29.9 Å². The topological polar surface area (TPSA) is 85.1 Å². The van der Waals surface area contributed by atoms with Gasteiger partial charge in [-0.05, 0) is 30.5 Å². The molecule has 0 aliphatic heterocycles. The Kier molecular flexibility index (Phi) is 3.87. The average Bonchev–Trinajstić information content (AvgIpc) is 2.38. The summed E-state index contributed by atoms with van der Waals surface area (Å²) in [5, 5.41) is 4.72. The third-order valence-corrected chi connectivity index (χ3v) is 2.85. The zero-order valence-corrected chi connectivity index (χ0v) is 10.6. The van der Waals surface area contributed by atoms with Crippen LogP contribution in [0.3, 0.4) is 0 Å². The monoisotopic (exact) mass is 257 g/mol. The third kappa shape index (κ3) is 3.35. The van der Waals surface area contributed by atoms with Gasteiger partial charge in [0.1, 0.15) is 5.78 Å². The van der Waals surface area contributed by atoms with Crippen LogP contribution in [0, 0.1) is 0 Å². The Hall–Kier alpha value is -2.27. The second kappa shape index (κ2) is 5.58. The van der Waals surface area contributed by atoms with Crippen molar-refractivity contribution in [3.05, 3.63) is 36.7 Å². The summed E-state index contributed by atoms with van der Waals surface area (Å²) >= 11 is 0. The van der Waals surface area contributed by atoms with Gasteiger partial charge in [-0.1, -0.05) is 6.07 Å². The maximum atomic E-state index is 11.7. The Balaban J connectivity index is 2.09. The number of carbonyl (C=O) groups is 2. The minimum atomic E-state index is -0.746. The van der Waals surface area contributed by atoms with E-state index in [1.165, 1.54) is 6.92 Å². The molecule has 98 valence electrons. The molecule has 3 N–H and O–H groups in total.